The summed E-state index contributed by atoms with van der Waals surface area (Å²) in [6.45, 7) is 1.84. The van der Waals surface area contributed by atoms with Gasteiger partial charge >= 0.3 is 0 Å². The van der Waals surface area contributed by atoms with Gasteiger partial charge in [-0.3, -0.25) is 14.4 Å². The van der Waals surface area contributed by atoms with E-state index in [2.05, 4.69) is 10.6 Å². The highest BCUT2D eigenvalue weighted by atomic mass is 35.5. The van der Waals surface area contributed by atoms with Gasteiger partial charge in [-0.15, -0.1) is 0 Å². The van der Waals surface area contributed by atoms with Crippen LogP contribution in [-0.4, -0.2) is 31.8 Å². The fourth-order valence-corrected chi connectivity index (χ4v) is 5.02. The van der Waals surface area contributed by atoms with Gasteiger partial charge in [0.2, 0.25) is 5.91 Å². The number of amides is 2. The first kappa shape index (κ1) is 26.8. The second-order valence-electron chi connectivity index (χ2n) is 8.51. The standard InChI is InChI=1S/C29H23ClN2O5S/c1-19-11-16-26(24(17-19)28(34)20-7-3-2-4-8-20)32-29(35)23-9-5-6-10-25(23)31-27(33)18-38(36,37)22-14-12-21(30)13-15-22/h2-17H,18H2,1H3,(H,31,33)(H,32,35). The fourth-order valence-electron chi connectivity index (χ4n) is 3.76. The highest BCUT2D eigenvalue weighted by molar-refractivity contribution is 7.92. The van der Waals surface area contributed by atoms with Crippen LogP contribution in [0.3, 0.4) is 0 Å². The molecule has 0 aliphatic rings. The van der Waals surface area contributed by atoms with Gasteiger partial charge in [-0.25, -0.2) is 8.42 Å². The molecule has 38 heavy (non-hydrogen) atoms. The number of aryl methyl sites for hydroxylation is 1. The van der Waals surface area contributed by atoms with E-state index in [0.717, 1.165) is 5.56 Å². The van der Waals surface area contributed by atoms with Gasteiger partial charge < -0.3 is 10.6 Å². The first-order valence-corrected chi connectivity index (χ1v) is 13.6. The van der Waals surface area contributed by atoms with Crippen LogP contribution in [0, 0.1) is 6.92 Å². The van der Waals surface area contributed by atoms with E-state index in [0.29, 0.717) is 21.8 Å². The Bertz CT molecular complexity index is 1620. The molecule has 0 spiro atoms. The number of anilines is 2. The number of para-hydroxylation sites is 1. The summed E-state index contributed by atoms with van der Waals surface area (Å²) in [7, 11) is -3.93. The zero-order valence-corrected chi connectivity index (χ0v) is 21.8. The number of nitrogens with one attached hydrogen (secondary N) is 2. The molecule has 2 amide bonds. The first-order chi connectivity index (χ1) is 18.1. The molecule has 0 aromatic heterocycles. The van der Waals surface area contributed by atoms with Crippen molar-refractivity contribution in [2.45, 2.75) is 11.8 Å². The molecule has 0 fully saturated rings. The molecule has 0 radical (unpaired) electrons. The number of hydrogen-bond acceptors (Lipinski definition) is 5. The maximum Gasteiger partial charge on any atom is 0.257 e. The van der Waals surface area contributed by atoms with Gasteiger partial charge in [0.05, 0.1) is 21.8 Å². The lowest BCUT2D eigenvalue weighted by Crippen LogP contribution is -2.25. The molecule has 0 saturated carbocycles. The van der Waals surface area contributed by atoms with Crippen LogP contribution < -0.4 is 10.6 Å². The fraction of sp³-hybridized carbons (Fsp3) is 0.0690. The van der Waals surface area contributed by atoms with Crippen LogP contribution in [0.4, 0.5) is 11.4 Å². The Morgan fingerprint density at radius 3 is 2.08 bits per heavy atom. The number of sulfone groups is 1. The van der Waals surface area contributed by atoms with Gasteiger partial charge in [0.1, 0.15) is 5.75 Å². The number of benzene rings is 4. The molecule has 0 aliphatic heterocycles. The molecule has 0 heterocycles. The summed E-state index contributed by atoms with van der Waals surface area (Å²) in [4.78, 5) is 39.0. The predicted molar refractivity (Wildman–Crippen MR) is 148 cm³/mol. The summed E-state index contributed by atoms with van der Waals surface area (Å²) in [6, 6.07) is 25.5. The molecule has 0 bridgehead atoms. The first-order valence-electron chi connectivity index (χ1n) is 11.5. The number of ketones is 1. The molecule has 0 atom stereocenters. The SMILES string of the molecule is Cc1ccc(NC(=O)c2ccccc2NC(=O)CS(=O)(=O)c2ccc(Cl)cc2)c(C(=O)c2ccccc2)c1. The lowest BCUT2D eigenvalue weighted by atomic mass is 9.99. The minimum absolute atomic E-state index is 0.0435. The lowest BCUT2D eigenvalue weighted by molar-refractivity contribution is -0.113. The van der Waals surface area contributed by atoms with Gasteiger partial charge in [0.15, 0.2) is 15.6 Å². The number of rotatable bonds is 8. The molecule has 0 aliphatic carbocycles. The average Bonchev–Trinajstić information content (AvgIpc) is 2.90. The molecular formula is C29H23ClN2O5S. The average molecular weight is 547 g/mol. The van der Waals surface area contributed by atoms with Crippen LogP contribution >= 0.6 is 11.6 Å². The van der Waals surface area contributed by atoms with Gasteiger partial charge in [0, 0.05) is 16.1 Å². The minimum atomic E-state index is -3.93. The van der Waals surface area contributed by atoms with Crippen LogP contribution in [0.25, 0.3) is 0 Å². The van der Waals surface area contributed by atoms with Crippen LogP contribution in [0.2, 0.25) is 5.02 Å². The molecule has 9 heteroatoms. The van der Waals surface area contributed by atoms with Crippen LogP contribution in [0.1, 0.15) is 31.8 Å². The number of carbonyl (C=O) groups is 3. The van der Waals surface area contributed by atoms with Crippen molar-refractivity contribution >= 4 is 50.4 Å². The van der Waals surface area contributed by atoms with Gasteiger partial charge in [-0.2, -0.15) is 0 Å². The van der Waals surface area contributed by atoms with Crippen molar-refractivity contribution in [3.05, 3.63) is 124 Å². The van der Waals surface area contributed by atoms with Crippen molar-refractivity contribution in [2.24, 2.45) is 0 Å². The summed E-state index contributed by atoms with van der Waals surface area (Å²) in [6.07, 6.45) is 0. The molecule has 4 aromatic carbocycles. The van der Waals surface area contributed by atoms with Crippen molar-refractivity contribution in [2.75, 3.05) is 16.4 Å². The Kier molecular flexibility index (Phi) is 8.05. The number of carbonyl (C=O) groups excluding carboxylic acids is 3. The van der Waals surface area contributed by atoms with E-state index in [9.17, 15) is 22.8 Å². The molecular weight excluding hydrogens is 524 g/mol. The monoisotopic (exact) mass is 546 g/mol. The maximum atomic E-state index is 13.2. The summed E-state index contributed by atoms with van der Waals surface area (Å²) in [5, 5.41) is 5.64. The van der Waals surface area contributed by atoms with E-state index < -0.39 is 27.4 Å². The smallest absolute Gasteiger partial charge is 0.257 e. The molecule has 4 rings (SSSR count). The van der Waals surface area contributed by atoms with Crippen molar-refractivity contribution in [1.82, 2.24) is 0 Å². The molecule has 4 aromatic rings. The predicted octanol–water partition coefficient (Wildman–Crippen LogP) is 5.54. The zero-order valence-electron chi connectivity index (χ0n) is 20.3. The van der Waals surface area contributed by atoms with E-state index in [4.69, 9.17) is 11.6 Å². The summed E-state index contributed by atoms with van der Waals surface area (Å²) in [5.41, 5.74) is 2.17. The number of hydrogen-bond donors (Lipinski definition) is 2. The van der Waals surface area contributed by atoms with Crippen LogP contribution in [0.5, 0.6) is 0 Å². The largest absolute Gasteiger partial charge is 0.324 e. The van der Waals surface area contributed by atoms with Gasteiger partial charge in [0.25, 0.3) is 5.91 Å². The Balaban J connectivity index is 1.55. The van der Waals surface area contributed by atoms with Crippen molar-refractivity contribution < 1.29 is 22.8 Å². The molecule has 0 saturated heterocycles. The zero-order chi connectivity index (χ0) is 27.3. The highest BCUT2D eigenvalue weighted by Gasteiger charge is 2.22. The van der Waals surface area contributed by atoms with E-state index in [-0.39, 0.29) is 21.9 Å². The van der Waals surface area contributed by atoms with E-state index in [1.165, 1.54) is 36.4 Å². The summed E-state index contributed by atoms with van der Waals surface area (Å²) in [5.74, 6) is -2.46. The molecule has 2 N–H and O–H groups in total. The van der Waals surface area contributed by atoms with Crippen molar-refractivity contribution in [1.29, 1.82) is 0 Å². The molecule has 0 unspecified atom stereocenters. The Hall–Kier alpha value is -4.27. The third-order valence-corrected chi connectivity index (χ3v) is 7.53. The molecule has 192 valence electrons. The van der Waals surface area contributed by atoms with E-state index in [1.54, 1.807) is 54.6 Å². The lowest BCUT2D eigenvalue weighted by Gasteiger charge is -2.14. The summed E-state index contributed by atoms with van der Waals surface area (Å²) >= 11 is 5.82. The van der Waals surface area contributed by atoms with E-state index in [1.807, 2.05) is 13.0 Å². The second kappa shape index (κ2) is 11.4. The Morgan fingerprint density at radius 1 is 0.737 bits per heavy atom. The van der Waals surface area contributed by atoms with Gasteiger partial charge in [-0.1, -0.05) is 65.7 Å². The van der Waals surface area contributed by atoms with Gasteiger partial charge in [-0.05, 0) is 55.5 Å². The highest BCUT2D eigenvalue weighted by Crippen LogP contribution is 2.24. The second-order valence-corrected chi connectivity index (χ2v) is 10.9. The third-order valence-electron chi connectivity index (χ3n) is 5.64. The quantitative estimate of drug-likeness (QED) is 0.282. The Labute approximate surface area is 225 Å². The van der Waals surface area contributed by atoms with Crippen molar-refractivity contribution in [3.63, 3.8) is 0 Å². The Morgan fingerprint density at radius 2 is 1.37 bits per heavy atom. The topological polar surface area (TPSA) is 109 Å². The van der Waals surface area contributed by atoms with E-state index >= 15 is 0 Å². The molecule has 7 nitrogen and oxygen atoms in total. The van der Waals surface area contributed by atoms with Crippen LogP contribution in [-0.2, 0) is 14.6 Å². The normalized spacial score (nSPS) is 11.0. The third kappa shape index (κ3) is 6.34. The number of halogens is 1. The minimum Gasteiger partial charge on any atom is -0.324 e. The maximum absolute atomic E-state index is 13.2. The summed E-state index contributed by atoms with van der Waals surface area (Å²) < 4.78 is 25.3. The van der Waals surface area contributed by atoms with Crippen molar-refractivity contribution in [3.8, 4) is 0 Å². The van der Waals surface area contributed by atoms with Crippen LogP contribution in [0.15, 0.2) is 102 Å².